The Kier molecular flexibility index (Phi) is 3.83. The number of hydrogen-bond donors (Lipinski definition) is 2. The second kappa shape index (κ2) is 4.61. The van der Waals surface area contributed by atoms with E-state index in [1.165, 1.54) is 0 Å². The van der Waals surface area contributed by atoms with E-state index in [1.54, 1.807) is 0 Å². The van der Waals surface area contributed by atoms with Gasteiger partial charge in [0.15, 0.2) is 0 Å². The van der Waals surface area contributed by atoms with Gasteiger partial charge in [0.25, 0.3) is 0 Å². The minimum atomic E-state index is -2.86. The Morgan fingerprint density at radius 2 is 1.69 bits per heavy atom. The molecule has 1 rings (SSSR count). The number of urea groups is 1. The Hall–Kier alpha value is -0.780. The normalized spacial score (nSPS) is 21.4. The van der Waals surface area contributed by atoms with Gasteiger partial charge in [-0.15, -0.1) is 0 Å². The lowest BCUT2D eigenvalue weighted by Crippen LogP contribution is -2.51. The van der Waals surface area contributed by atoms with Crippen LogP contribution < -0.4 is 10.6 Å². The van der Waals surface area contributed by atoms with E-state index in [0.29, 0.717) is 12.8 Å². The van der Waals surface area contributed by atoms with Gasteiger partial charge in [-0.3, -0.25) is 0 Å². The maximum absolute atomic E-state index is 11.5. The molecule has 0 radical (unpaired) electrons. The first-order valence-electron chi connectivity index (χ1n) is 5.47. The van der Waals surface area contributed by atoms with E-state index in [0.717, 1.165) is 0 Å². The molecule has 1 heterocycles. The predicted octanol–water partition coefficient (Wildman–Crippen LogP) is 0.661. The van der Waals surface area contributed by atoms with Gasteiger partial charge in [0.2, 0.25) is 0 Å². The number of carbonyl (C=O) groups excluding carboxylic acids is 1. The lowest BCUT2D eigenvalue weighted by Gasteiger charge is -2.26. The van der Waals surface area contributed by atoms with Crippen LogP contribution >= 0.6 is 0 Å². The van der Waals surface area contributed by atoms with Crippen molar-refractivity contribution in [2.75, 3.05) is 11.5 Å². The fourth-order valence-corrected chi connectivity index (χ4v) is 3.09. The molecule has 0 aliphatic carbocycles. The topological polar surface area (TPSA) is 75.3 Å². The Balaban J connectivity index is 2.37. The summed E-state index contributed by atoms with van der Waals surface area (Å²) in [5.74, 6) is 0.348. The smallest absolute Gasteiger partial charge is 0.315 e. The van der Waals surface area contributed by atoms with Gasteiger partial charge in [0.1, 0.15) is 9.84 Å². The Bertz CT molecular complexity index is 343. The van der Waals surface area contributed by atoms with Crippen LogP contribution in [-0.4, -0.2) is 37.5 Å². The molecule has 1 saturated heterocycles. The summed E-state index contributed by atoms with van der Waals surface area (Å²) < 4.78 is 22.4. The summed E-state index contributed by atoms with van der Waals surface area (Å²) in [4.78, 5) is 11.5. The molecule has 6 heteroatoms. The van der Waals surface area contributed by atoms with Gasteiger partial charge in [-0.05, 0) is 33.6 Å². The van der Waals surface area contributed by atoms with E-state index < -0.39 is 9.84 Å². The number of sulfone groups is 1. The zero-order valence-corrected chi connectivity index (χ0v) is 10.9. The van der Waals surface area contributed by atoms with E-state index in [2.05, 4.69) is 10.6 Å². The lowest BCUT2D eigenvalue weighted by atomic mass is 10.1. The highest BCUT2D eigenvalue weighted by atomic mass is 32.2. The molecule has 1 aliphatic heterocycles. The molecule has 0 aromatic rings. The molecule has 0 aromatic heterocycles. The summed E-state index contributed by atoms with van der Waals surface area (Å²) in [5, 5.41) is 5.59. The number of amides is 2. The third-order valence-electron chi connectivity index (χ3n) is 2.38. The van der Waals surface area contributed by atoms with Crippen LogP contribution in [0.2, 0.25) is 0 Å². The van der Waals surface area contributed by atoms with Gasteiger partial charge >= 0.3 is 6.03 Å². The number of rotatable bonds is 1. The SMILES string of the molecule is CC(C)(C)NC(=O)NC1CCS(=O)(=O)CC1. The van der Waals surface area contributed by atoms with Crippen molar-refractivity contribution in [3.05, 3.63) is 0 Å². The molecule has 2 N–H and O–H groups in total. The van der Waals surface area contributed by atoms with E-state index in [-0.39, 0.29) is 29.1 Å². The molecule has 94 valence electrons. The first kappa shape index (κ1) is 13.3. The molecule has 16 heavy (non-hydrogen) atoms. The van der Waals surface area contributed by atoms with Gasteiger partial charge in [-0.1, -0.05) is 0 Å². The molecular formula is C10H20N2O3S. The molecule has 2 amide bonds. The minimum absolute atomic E-state index is 0.0223. The van der Waals surface area contributed by atoms with Crippen molar-refractivity contribution in [3.63, 3.8) is 0 Å². The molecule has 0 aromatic carbocycles. The second-order valence-corrected chi connectivity index (χ2v) is 7.58. The van der Waals surface area contributed by atoms with Gasteiger partial charge in [-0.2, -0.15) is 0 Å². The minimum Gasteiger partial charge on any atom is -0.335 e. The van der Waals surface area contributed by atoms with Crippen LogP contribution in [0.1, 0.15) is 33.6 Å². The lowest BCUT2D eigenvalue weighted by molar-refractivity contribution is 0.227. The molecule has 0 spiro atoms. The average molecular weight is 248 g/mol. The molecule has 1 aliphatic rings. The van der Waals surface area contributed by atoms with E-state index >= 15 is 0 Å². The van der Waals surface area contributed by atoms with Crippen LogP contribution in [0.3, 0.4) is 0 Å². The van der Waals surface area contributed by atoms with Gasteiger partial charge < -0.3 is 10.6 Å². The van der Waals surface area contributed by atoms with E-state index in [9.17, 15) is 13.2 Å². The molecule has 5 nitrogen and oxygen atoms in total. The van der Waals surface area contributed by atoms with Crippen LogP contribution in [0, 0.1) is 0 Å². The van der Waals surface area contributed by atoms with Crippen LogP contribution in [0.5, 0.6) is 0 Å². The molecule has 0 unspecified atom stereocenters. The Labute approximate surface area is 96.9 Å². The summed E-state index contributed by atoms with van der Waals surface area (Å²) in [6, 6.07) is -0.248. The van der Waals surface area contributed by atoms with Crippen molar-refractivity contribution < 1.29 is 13.2 Å². The zero-order chi connectivity index (χ0) is 12.4. The monoisotopic (exact) mass is 248 g/mol. The largest absolute Gasteiger partial charge is 0.335 e. The van der Waals surface area contributed by atoms with Crippen molar-refractivity contribution in [1.82, 2.24) is 10.6 Å². The highest BCUT2D eigenvalue weighted by Gasteiger charge is 2.25. The summed E-state index contributed by atoms with van der Waals surface area (Å²) in [5.41, 5.74) is -0.273. The third-order valence-corrected chi connectivity index (χ3v) is 4.09. The average Bonchev–Trinajstić information content (AvgIpc) is 2.05. The van der Waals surface area contributed by atoms with Crippen LogP contribution in [-0.2, 0) is 9.84 Å². The Morgan fingerprint density at radius 1 is 1.19 bits per heavy atom. The highest BCUT2D eigenvalue weighted by Crippen LogP contribution is 2.12. The van der Waals surface area contributed by atoms with E-state index in [1.807, 2.05) is 20.8 Å². The number of nitrogens with one attached hydrogen (secondary N) is 2. The van der Waals surface area contributed by atoms with Crippen molar-refractivity contribution in [2.24, 2.45) is 0 Å². The third kappa shape index (κ3) is 4.83. The first-order chi connectivity index (χ1) is 7.18. The van der Waals surface area contributed by atoms with Crippen LogP contribution in [0.25, 0.3) is 0 Å². The van der Waals surface area contributed by atoms with Crippen LogP contribution in [0.4, 0.5) is 4.79 Å². The Morgan fingerprint density at radius 3 is 2.12 bits per heavy atom. The van der Waals surface area contributed by atoms with Gasteiger partial charge in [-0.25, -0.2) is 13.2 Å². The van der Waals surface area contributed by atoms with E-state index in [4.69, 9.17) is 0 Å². The zero-order valence-electron chi connectivity index (χ0n) is 10.0. The maximum Gasteiger partial charge on any atom is 0.315 e. The summed E-state index contributed by atoms with van der Waals surface area (Å²) in [7, 11) is -2.86. The van der Waals surface area contributed by atoms with Crippen molar-refractivity contribution >= 4 is 15.9 Å². The van der Waals surface area contributed by atoms with Crippen LogP contribution in [0.15, 0.2) is 0 Å². The molecule has 0 saturated carbocycles. The number of carbonyl (C=O) groups is 1. The predicted molar refractivity (Wildman–Crippen MR) is 63.1 cm³/mol. The standard InChI is InChI=1S/C10H20N2O3S/c1-10(2,3)12-9(13)11-8-4-6-16(14,15)7-5-8/h8H,4-7H2,1-3H3,(H2,11,12,13). The fraction of sp³-hybridized carbons (Fsp3) is 0.900. The van der Waals surface area contributed by atoms with Crippen molar-refractivity contribution in [1.29, 1.82) is 0 Å². The maximum atomic E-state index is 11.5. The molecule has 0 bridgehead atoms. The summed E-state index contributed by atoms with van der Waals surface area (Å²) in [6.45, 7) is 5.70. The van der Waals surface area contributed by atoms with Crippen molar-refractivity contribution in [2.45, 2.75) is 45.2 Å². The molecule has 1 fully saturated rings. The fourth-order valence-electron chi connectivity index (χ4n) is 1.60. The first-order valence-corrected chi connectivity index (χ1v) is 7.29. The molecule has 0 atom stereocenters. The highest BCUT2D eigenvalue weighted by molar-refractivity contribution is 7.91. The summed E-state index contributed by atoms with van der Waals surface area (Å²) >= 11 is 0. The quantitative estimate of drug-likeness (QED) is 0.716. The van der Waals surface area contributed by atoms with Gasteiger partial charge in [0, 0.05) is 11.6 Å². The molecular weight excluding hydrogens is 228 g/mol. The number of hydrogen-bond acceptors (Lipinski definition) is 3. The van der Waals surface area contributed by atoms with Gasteiger partial charge in [0.05, 0.1) is 11.5 Å². The summed E-state index contributed by atoms with van der Waals surface area (Å²) in [6.07, 6.45) is 1.03. The second-order valence-electron chi connectivity index (χ2n) is 5.27. The van der Waals surface area contributed by atoms with Crippen molar-refractivity contribution in [3.8, 4) is 0 Å².